The van der Waals surface area contributed by atoms with E-state index in [4.69, 9.17) is 0 Å². The average molecular weight is 500 g/mol. The van der Waals surface area contributed by atoms with Crippen LogP contribution in [0.15, 0.2) is 66.9 Å². The third-order valence-electron chi connectivity index (χ3n) is 7.43. The summed E-state index contributed by atoms with van der Waals surface area (Å²) in [6.07, 6.45) is 1.74. The van der Waals surface area contributed by atoms with Gasteiger partial charge in [0.1, 0.15) is 5.82 Å². The van der Waals surface area contributed by atoms with Crippen LogP contribution in [0.3, 0.4) is 0 Å². The second-order valence-corrected chi connectivity index (χ2v) is 9.98. The van der Waals surface area contributed by atoms with E-state index in [0.29, 0.717) is 43.1 Å². The maximum atomic E-state index is 13.9. The number of carbonyl (C=O) groups is 3. The van der Waals surface area contributed by atoms with E-state index in [-0.39, 0.29) is 24.0 Å². The van der Waals surface area contributed by atoms with Crippen molar-refractivity contribution in [3.05, 3.63) is 89.5 Å². The van der Waals surface area contributed by atoms with Crippen molar-refractivity contribution in [3.8, 4) is 0 Å². The van der Waals surface area contributed by atoms with Crippen LogP contribution >= 0.6 is 0 Å². The fraction of sp³-hybridized carbons (Fsp3) is 0.379. The summed E-state index contributed by atoms with van der Waals surface area (Å²) in [6.45, 7) is 5.75. The molecule has 3 aromatic rings. The van der Waals surface area contributed by atoms with Gasteiger partial charge in [-0.25, -0.2) is 4.98 Å². The molecule has 1 amide bonds. The van der Waals surface area contributed by atoms with Crippen molar-refractivity contribution in [3.63, 3.8) is 0 Å². The average Bonchev–Trinajstić information content (AvgIpc) is 3.38. The summed E-state index contributed by atoms with van der Waals surface area (Å²) >= 11 is 0. The third-order valence-corrected chi connectivity index (χ3v) is 7.43. The van der Waals surface area contributed by atoms with Crippen molar-refractivity contribution in [1.29, 1.82) is 0 Å². The standard InChI is InChI=1S/C29H33N5O3/c1-20-16-31-29(32-20)26-23(27(36)21-8-4-2-5-9-21)17-33(19-25(35)34-14-12-30-13-15-34)18-24(26)28(37)22-10-6-3-7-11-22/h2-11,16,23-24,26,30H,12-15,17-19H2,1H3,(H,31,32)/t23-,24-/m0/s1. The lowest BCUT2D eigenvalue weighted by molar-refractivity contribution is -0.133. The van der Waals surface area contributed by atoms with Gasteiger partial charge in [0.05, 0.1) is 6.54 Å². The van der Waals surface area contributed by atoms with Gasteiger partial charge >= 0.3 is 0 Å². The number of nitrogens with one attached hydrogen (secondary N) is 2. The fourth-order valence-corrected chi connectivity index (χ4v) is 5.58. The van der Waals surface area contributed by atoms with E-state index in [1.54, 1.807) is 6.20 Å². The molecule has 0 unspecified atom stereocenters. The van der Waals surface area contributed by atoms with Gasteiger partial charge in [0.25, 0.3) is 0 Å². The lowest BCUT2D eigenvalue weighted by Gasteiger charge is -2.42. The van der Waals surface area contributed by atoms with E-state index in [0.717, 1.165) is 18.8 Å². The first-order chi connectivity index (χ1) is 18.0. The first-order valence-electron chi connectivity index (χ1n) is 12.9. The molecule has 2 aliphatic heterocycles. The topological polar surface area (TPSA) is 98.4 Å². The Hall–Kier alpha value is -3.62. The van der Waals surface area contributed by atoms with E-state index >= 15 is 0 Å². The lowest BCUT2D eigenvalue weighted by atomic mass is 9.71. The van der Waals surface area contributed by atoms with Gasteiger partial charge in [-0.05, 0) is 6.92 Å². The molecule has 2 N–H and O–H groups in total. The van der Waals surface area contributed by atoms with Crippen LogP contribution in [0.4, 0.5) is 0 Å². The number of amides is 1. The number of imidazole rings is 1. The maximum absolute atomic E-state index is 13.9. The van der Waals surface area contributed by atoms with Gasteiger partial charge in [0, 0.05) is 80.0 Å². The van der Waals surface area contributed by atoms with E-state index < -0.39 is 17.8 Å². The molecule has 2 aliphatic rings. The third kappa shape index (κ3) is 5.55. The molecular weight excluding hydrogens is 466 g/mol. The van der Waals surface area contributed by atoms with Crippen LogP contribution < -0.4 is 5.32 Å². The number of likely N-dealkylation sites (tertiary alicyclic amines) is 1. The minimum atomic E-state index is -0.532. The van der Waals surface area contributed by atoms with E-state index in [9.17, 15) is 14.4 Å². The van der Waals surface area contributed by atoms with Crippen molar-refractivity contribution in [2.75, 3.05) is 45.8 Å². The molecule has 1 aromatic heterocycles. The zero-order valence-corrected chi connectivity index (χ0v) is 21.1. The molecule has 2 saturated heterocycles. The molecule has 0 radical (unpaired) electrons. The van der Waals surface area contributed by atoms with Crippen LogP contribution in [-0.4, -0.2) is 83.1 Å². The van der Waals surface area contributed by atoms with E-state index in [1.165, 1.54) is 0 Å². The summed E-state index contributed by atoms with van der Waals surface area (Å²) in [5.41, 5.74) is 2.08. The minimum absolute atomic E-state index is 0.0330. The Kier molecular flexibility index (Phi) is 7.58. The number of rotatable bonds is 7. The summed E-state index contributed by atoms with van der Waals surface area (Å²) in [7, 11) is 0. The highest BCUT2D eigenvalue weighted by Gasteiger charge is 2.46. The van der Waals surface area contributed by atoms with Crippen LogP contribution in [0, 0.1) is 18.8 Å². The van der Waals surface area contributed by atoms with Crippen LogP contribution in [0.5, 0.6) is 0 Å². The Morgan fingerprint density at radius 2 is 1.41 bits per heavy atom. The van der Waals surface area contributed by atoms with Crippen molar-refractivity contribution in [1.82, 2.24) is 25.1 Å². The molecule has 0 spiro atoms. The number of aromatic amines is 1. The molecule has 3 heterocycles. The number of benzene rings is 2. The van der Waals surface area contributed by atoms with Gasteiger partial charge in [0.15, 0.2) is 11.6 Å². The van der Waals surface area contributed by atoms with Gasteiger partial charge in [-0.1, -0.05) is 60.7 Å². The Labute approximate surface area is 217 Å². The van der Waals surface area contributed by atoms with Gasteiger partial charge in [-0.2, -0.15) is 0 Å². The van der Waals surface area contributed by atoms with Crippen molar-refractivity contribution in [2.24, 2.45) is 11.8 Å². The van der Waals surface area contributed by atoms with Gasteiger partial charge in [-0.3, -0.25) is 19.3 Å². The molecule has 37 heavy (non-hydrogen) atoms. The molecule has 5 rings (SSSR count). The summed E-state index contributed by atoms with van der Waals surface area (Å²) in [4.78, 5) is 52.8. The second-order valence-electron chi connectivity index (χ2n) is 9.98. The molecule has 2 atom stereocenters. The predicted octanol–water partition coefficient (Wildman–Crippen LogP) is 2.55. The van der Waals surface area contributed by atoms with Crippen LogP contribution in [-0.2, 0) is 4.79 Å². The Balaban J connectivity index is 1.52. The number of aryl methyl sites for hydroxylation is 1. The number of H-pyrrole nitrogens is 1. The number of hydrogen-bond acceptors (Lipinski definition) is 6. The first kappa shape index (κ1) is 25.0. The summed E-state index contributed by atoms with van der Waals surface area (Å²) in [5.74, 6) is -0.889. The minimum Gasteiger partial charge on any atom is -0.346 e. The maximum Gasteiger partial charge on any atom is 0.236 e. The number of aromatic nitrogens is 2. The largest absolute Gasteiger partial charge is 0.346 e. The SMILES string of the molecule is Cc1cnc(C2[C@@H](C(=O)c3ccccc3)CN(CC(=O)N3CCNCC3)C[C@@H]2C(=O)c2ccccc2)[nH]1. The zero-order valence-electron chi connectivity index (χ0n) is 21.1. The van der Waals surface area contributed by atoms with Crippen molar-refractivity contribution in [2.45, 2.75) is 12.8 Å². The lowest BCUT2D eigenvalue weighted by Crippen LogP contribution is -2.55. The summed E-state index contributed by atoms with van der Waals surface area (Å²) in [6, 6.07) is 18.4. The van der Waals surface area contributed by atoms with Gasteiger partial charge < -0.3 is 15.2 Å². The number of piperidine rings is 1. The molecule has 2 aromatic carbocycles. The number of Topliss-reactive ketones (excluding diaryl/α,β-unsaturated/α-hetero) is 2. The smallest absolute Gasteiger partial charge is 0.236 e. The molecule has 2 fully saturated rings. The summed E-state index contributed by atoms with van der Waals surface area (Å²) in [5, 5.41) is 3.27. The number of piperazine rings is 1. The van der Waals surface area contributed by atoms with Crippen molar-refractivity contribution >= 4 is 17.5 Å². The number of hydrogen-bond donors (Lipinski definition) is 2. The quantitative estimate of drug-likeness (QED) is 0.485. The molecule has 0 saturated carbocycles. The van der Waals surface area contributed by atoms with Crippen LogP contribution in [0.2, 0.25) is 0 Å². The van der Waals surface area contributed by atoms with Crippen molar-refractivity contribution < 1.29 is 14.4 Å². The highest BCUT2D eigenvalue weighted by Crippen LogP contribution is 2.39. The molecule has 192 valence electrons. The normalized spacial score (nSPS) is 21.1. The number of carbonyl (C=O) groups excluding carboxylic acids is 3. The molecule has 0 aliphatic carbocycles. The van der Waals surface area contributed by atoms with Crippen LogP contribution in [0.1, 0.15) is 38.2 Å². The summed E-state index contributed by atoms with van der Waals surface area (Å²) < 4.78 is 0. The van der Waals surface area contributed by atoms with Gasteiger partial charge in [-0.15, -0.1) is 0 Å². The molecular formula is C29H33N5O3. The predicted molar refractivity (Wildman–Crippen MR) is 140 cm³/mol. The Morgan fingerprint density at radius 3 is 1.89 bits per heavy atom. The number of ketones is 2. The fourth-order valence-electron chi connectivity index (χ4n) is 5.58. The van der Waals surface area contributed by atoms with E-state index in [2.05, 4.69) is 15.3 Å². The highest BCUT2D eigenvalue weighted by atomic mass is 16.2. The first-order valence-corrected chi connectivity index (χ1v) is 12.9. The zero-order chi connectivity index (χ0) is 25.8. The Bertz CT molecular complexity index is 1180. The second kappa shape index (κ2) is 11.2. The molecule has 8 nitrogen and oxygen atoms in total. The van der Waals surface area contributed by atoms with Crippen LogP contribution in [0.25, 0.3) is 0 Å². The Morgan fingerprint density at radius 1 is 0.865 bits per heavy atom. The number of nitrogens with zero attached hydrogens (tertiary/aromatic N) is 3. The highest BCUT2D eigenvalue weighted by molar-refractivity contribution is 6.02. The van der Waals surface area contributed by atoms with Gasteiger partial charge in [0.2, 0.25) is 5.91 Å². The monoisotopic (exact) mass is 499 g/mol. The molecule has 8 heteroatoms. The van der Waals surface area contributed by atoms with E-state index in [1.807, 2.05) is 77.4 Å². The molecule has 0 bridgehead atoms.